The molecular formula is C25H21N5OS. The van der Waals surface area contributed by atoms with E-state index in [1.807, 2.05) is 60.8 Å². The standard InChI is InChI=1S/C25H21N5OS/c31-24(16-10-12-17(13-11-16)30-15-5-14-26-30)29-25-22(18-6-1-4-9-21(18)32-25)23-27-19-7-2-3-8-20(19)28-23/h2-3,5,7-8,10-15H,1,4,6,9H2,(H,27,28)(H,29,31). The number of hydrogen-bond donors (Lipinski definition) is 2. The molecule has 32 heavy (non-hydrogen) atoms. The van der Waals surface area contributed by atoms with Gasteiger partial charge in [-0.15, -0.1) is 11.3 Å². The van der Waals surface area contributed by atoms with Crippen LogP contribution in [0.25, 0.3) is 28.1 Å². The first kappa shape index (κ1) is 19.0. The summed E-state index contributed by atoms with van der Waals surface area (Å²) in [6.07, 6.45) is 8.05. The van der Waals surface area contributed by atoms with Crippen molar-refractivity contribution in [2.45, 2.75) is 25.7 Å². The molecule has 0 radical (unpaired) electrons. The minimum atomic E-state index is -0.118. The number of para-hydroxylation sites is 2. The lowest BCUT2D eigenvalue weighted by atomic mass is 9.95. The van der Waals surface area contributed by atoms with Gasteiger partial charge in [-0.25, -0.2) is 9.67 Å². The highest BCUT2D eigenvalue weighted by Crippen LogP contribution is 2.43. The van der Waals surface area contributed by atoms with E-state index in [1.165, 1.54) is 23.3 Å². The molecule has 7 heteroatoms. The Labute approximate surface area is 188 Å². The Balaban J connectivity index is 1.35. The Kier molecular flexibility index (Phi) is 4.61. The first-order valence-electron chi connectivity index (χ1n) is 10.8. The second-order valence-electron chi connectivity index (χ2n) is 7.97. The SMILES string of the molecule is O=C(Nc1sc2c(c1-c1nc3ccccc3[nH]1)CCCC2)c1ccc(-n2cccn2)cc1. The second kappa shape index (κ2) is 7.76. The number of thiophene rings is 1. The number of H-pyrrole nitrogens is 1. The number of imidazole rings is 1. The lowest BCUT2D eigenvalue weighted by Crippen LogP contribution is -2.12. The zero-order chi connectivity index (χ0) is 21.5. The zero-order valence-corrected chi connectivity index (χ0v) is 18.2. The molecule has 0 atom stereocenters. The number of carbonyl (C=O) groups is 1. The fourth-order valence-electron chi connectivity index (χ4n) is 4.34. The van der Waals surface area contributed by atoms with Crippen LogP contribution in [0.3, 0.4) is 0 Å². The lowest BCUT2D eigenvalue weighted by molar-refractivity contribution is 0.102. The van der Waals surface area contributed by atoms with E-state index in [-0.39, 0.29) is 5.91 Å². The van der Waals surface area contributed by atoms with Crippen molar-refractivity contribution < 1.29 is 4.79 Å². The van der Waals surface area contributed by atoms with E-state index in [4.69, 9.17) is 4.98 Å². The van der Waals surface area contributed by atoms with Gasteiger partial charge in [0.15, 0.2) is 0 Å². The summed E-state index contributed by atoms with van der Waals surface area (Å²) < 4.78 is 1.77. The summed E-state index contributed by atoms with van der Waals surface area (Å²) in [5, 5.41) is 8.29. The molecule has 0 spiro atoms. The highest BCUT2D eigenvalue weighted by molar-refractivity contribution is 7.17. The number of benzene rings is 2. The topological polar surface area (TPSA) is 75.6 Å². The summed E-state index contributed by atoms with van der Waals surface area (Å²) in [6, 6.07) is 17.4. The van der Waals surface area contributed by atoms with E-state index >= 15 is 0 Å². The monoisotopic (exact) mass is 439 g/mol. The Bertz CT molecular complexity index is 1380. The Morgan fingerprint density at radius 1 is 1.03 bits per heavy atom. The van der Waals surface area contributed by atoms with Crippen molar-refractivity contribution in [3.63, 3.8) is 0 Å². The molecule has 5 aromatic rings. The molecular weight excluding hydrogens is 418 g/mol. The quantitative estimate of drug-likeness (QED) is 0.382. The zero-order valence-electron chi connectivity index (χ0n) is 17.3. The smallest absolute Gasteiger partial charge is 0.256 e. The van der Waals surface area contributed by atoms with Gasteiger partial charge in [0.1, 0.15) is 10.8 Å². The van der Waals surface area contributed by atoms with Crippen molar-refractivity contribution in [2.24, 2.45) is 0 Å². The van der Waals surface area contributed by atoms with Gasteiger partial charge < -0.3 is 10.3 Å². The molecule has 158 valence electrons. The number of hydrogen-bond acceptors (Lipinski definition) is 4. The molecule has 0 fully saturated rings. The van der Waals surface area contributed by atoms with Gasteiger partial charge in [-0.1, -0.05) is 12.1 Å². The van der Waals surface area contributed by atoms with Crippen molar-refractivity contribution >= 4 is 33.3 Å². The number of amides is 1. The molecule has 0 unspecified atom stereocenters. The molecule has 2 aromatic carbocycles. The van der Waals surface area contributed by atoms with E-state index in [0.717, 1.165) is 46.0 Å². The summed E-state index contributed by atoms with van der Waals surface area (Å²) in [5.74, 6) is 0.711. The molecule has 1 aliphatic carbocycles. The van der Waals surface area contributed by atoms with E-state index in [1.54, 1.807) is 22.2 Å². The third-order valence-electron chi connectivity index (χ3n) is 5.92. The first-order chi connectivity index (χ1) is 15.8. The van der Waals surface area contributed by atoms with Gasteiger partial charge in [-0.05, 0) is 73.7 Å². The van der Waals surface area contributed by atoms with Crippen molar-refractivity contribution in [3.05, 3.63) is 83.0 Å². The maximum atomic E-state index is 13.1. The summed E-state index contributed by atoms with van der Waals surface area (Å²) in [7, 11) is 0. The molecule has 6 nitrogen and oxygen atoms in total. The average molecular weight is 440 g/mol. The number of nitrogens with zero attached hydrogens (tertiary/aromatic N) is 3. The van der Waals surface area contributed by atoms with Gasteiger partial charge in [0.25, 0.3) is 5.91 Å². The van der Waals surface area contributed by atoms with Crippen LogP contribution in [-0.4, -0.2) is 25.7 Å². The van der Waals surface area contributed by atoms with Crippen molar-refractivity contribution in [1.29, 1.82) is 0 Å². The molecule has 0 bridgehead atoms. The van der Waals surface area contributed by atoms with Crippen molar-refractivity contribution in [2.75, 3.05) is 5.32 Å². The largest absolute Gasteiger partial charge is 0.338 e. The summed E-state index contributed by atoms with van der Waals surface area (Å²) in [6.45, 7) is 0. The highest BCUT2D eigenvalue weighted by Gasteiger charge is 2.25. The van der Waals surface area contributed by atoms with Crippen LogP contribution >= 0.6 is 11.3 Å². The number of aromatic amines is 1. The van der Waals surface area contributed by atoms with Gasteiger partial charge in [-0.3, -0.25) is 4.79 Å². The third kappa shape index (κ3) is 3.31. The number of fused-ring (bicyclic) bond motifs is 2. The number of nitrogens with one attached hydrogen (secondary N) is 2. The van der Waals surface area contributed by atoms with E-state index < -0.39 is 0 Å². The summed E-state index contributed by atoms with van der Waals surface area (Å²) >= 11 is 1.68. The maximum Gasteiger partial charge on any atom is 0.256 e. The predicted octanol–water partition coefficient (Wildman–Crippen LogP) is 5.61. The molecule has 3 aromatic heterocycles. The minimum absolute atomic E-state index is 0.118. The van der Waals surface area contributed by atoms with Crippen LogP contribution in [0.2, 0.25) is 0 Å². The normalized spacial score (nSPS) is 13.2. The van der Waals surface area contributed by atoms with Crippen LogP contribution in [0.1, 0.15) is 33.6 Å². The van der Waals surface area contributed by atoms with Crippen LogP contribution in [0.5, 0.6) is 0 Å². The Hall–Kier alpha value is -3.71. The van der Waals surface area contributed by atoms with Crippen LogP contribution in [0, 0.1) is 0 Å². The molecule has 0 aliphatic heterocycles. The maximum absolute atomic E-state index is 13.1. The van der Waals surface area contributed by atoms with Crippen molar-refractivity contribution in [3.8, 4) is 17.1 Å². The van der Waals surface area contributed by atoms with Crippen LogP contribution in [0.4, 0.5) is 5.00 Å². The summed E-state index contributed by atoms with van der Waals surface area (Å²) in [4.78, 5) is 22.8. The lowest BCUT2D eigenvalue weighted by Gasteiger charge is -2.12. The number of rotatable bonds is 4. The number of carbonyl (C=O) groups excluding carboxylic acids is 1. The van der Waals surface area contributed by atoms with E-state index in [0.29, 0.717) is 5.56 Å². The third-order valence-corrected chi connectivity index (χ3v) is 7.13. The van der Waals surface area contributed by atoms with Gasteiger partial charge in [-0.2, -0.15) is 5.10 Å². The minimum Gasteiger partial charge on any atom is -0.338 e. The molecule has 0 saturated carbocycles. The van der Waals surface area contributed by atoms with Crippen LogP contribution < -0.4 is 5.32 Å². The Morgan fingerprint density at radius 2 is 1.88 bits per heavy atom. The molecule has 1 aliphatic rings. The van der Waals surface area contributed by atoms with Gasteiger partial charge in [0.05, 0.1) is 22.3 Å². The molecule has 2 N–H and O–H groups in total. The van der Waals surface area contributed by atoms with E-state index in [2.05, 4.69) is 15.4 Å². The average Bonchev–Trinajstić information content (AvgIpc) is 3.56. The molecule has 6 rings (SSSR count). The molecule has 0 saturated heterocycles. The summed E-state index contributed by atoms with van der Waals surface area (Å²) in [5.41, 5.74) is 5.84. The molecule has 3 heterocycles. The fraction of sp³-hybridized carbons (Fsp3) is 0.160. The van der Waals surface area contributed by atoms with Crippen LogP contribution in [0.15, 0.2) is 67.0 Å². The number of aryl methyl sites for hydroxylation is 1. The number of anilines is 1. The Morgan fingerprint density at radius 3 is 2.69 bits per heavy atom. The van der Waals surface area contributed by atoms with Crippen molar-refractivity contribution in [1.82, 2.24) is 19.7 Å². The molecule has 1 amide bonds. The van der Waals surface area contributed by atoms with Crippen LogP contribution in [-0.2, 0) is 12.8 Å². The van der Waals surface area contributed by atoms with Gasteiger partial charge >= 0.3 is 0 Å². The highest BCUT2D eigenvalue weighted by atomic mass is 32.1. The number of aromatic nitrogens is 4. The predicted molar refractivity (Wildman–Crippen MR) is 128 cm³/mol. The van der Waals surface area contributed by atoms with E-state index in [9.17, 15) is 4.79 Å². The first-order valence-corrected chi connectivity index (χ1v) is 11.6. The second-order valence-corrected chi connectivity index (χ2v) is 9.07. The van der Waals surface area contributed by atoms with Gasteiger partial charge in [0.2, 0.25) is 0 Å². The fourth-order valence-corrected chi connectivity index (χ4v) is 5.62. The van der Waals surface area contributed by atoms with Gasteiger partial charge in [0, 0.05) is 22.8 Å².